The lowest BCUT2D eigenvalue weighted by Crippen LogP contribution is -2.49. The van der Waals surface area contributed by atoms with E-state index in [9.17, 15) is 9.90 Å². The van der Waals surface area contributed by atoms with Crippen LogP contribution in [0.5, 0.6) is 0 Å². The Hall–Kier alpha value is -1.95. The second kappa shape index (κ2) is 7.08. The number of aliphatic hydroxyl groups is 1. The summed E-state index contributed by atoms with van der Waals surface area (Å²) in [7, 11) is 0. The van der Waals surface area contributed by atoms with Crippen LogP contribution in [0.2, 0.25) is 5.02 Å². The van der Waals surface area contributed by atoms with Crippen molar-refractivity contribution in [3.8, 4) is 0 Å². The molecule has 0 radical (unpaired) electrons. The van der Waals surface area contributed by atoms with Gasteiger partial charge in [0.2, 0.25) is 0 Å². The van der Waals surface area contributed by atoms with Gasteiger partial charge in [-0.1, -0.05) is 41.9 Å². The number of hydrogen-bond acceptors (Lipinski definition) is 4. The minimum atomic E-state index is -0.456. The number of benzene rings is 1. The van der Waals surface area contributed by atoms with Crippen LogP contribution in [0.3, 0.4) is 0 Å². The average molecular weight is 333 g/mol. The molecule has 0 saturated carbocycles. The molecule has 23 heavy (non-hydrogen) atoms. The van der Waals surface area contributed by atoms with Gasteiger partial charge in [0, 0.05) is 18.9 Å². The quantitative estimate of drug-likeness (QED) is 0.937. The van der Waals surface area contributed by atoms with Gasteiger partial charge in [0.1, 0.15) is 6.10 Å². The molecule has 5 nitrogen and oxygen atoms in total. The van der Waals surface area contributed by atoms with Gasteiger partial charge in [-0.2, -0.15) is 0 Å². The predicted molar refractivity (Wildman–Crippen MR) is 86.3 cm³/mol. The van der Waals surface area contributed by atoms with Crippen LogP contribution < -0.4 is 0 Å². The lowest BCUT2D eigenvalue weighted by atomic mass is 9.97. The Morgan fingerprint density at radius 3 is 2.83 bits per heavy atom. The molecule has 1 saturated heterocycles. The average Bonchev–Trinajstić information content (AvgIpc) is 2.61. The van der Waals surface area contributed by atoms with Gasteiger partial charge >= 0.3 is 0 Å². The summed E-state index contributed by atoms with van der Waals surface area (Å²) in [6.45, 7) is 0.673. The van der Waals surface area contributed by atoms with Crippen molar-refractivity contribution in [2.45, 2.75) is 12.1 Å². The van der Waals surface area contributed by atoms with Crippen LogP contribution in [0.4, 0.5) is 0 Å². The zero-order valence-corrected chi connectivity index (χ0v) is 13.2. The minimum Gasteiger partial charge on any atom is -0.394 e. The molecule has 3 rings (SSSR count). The zero-order chi connectivity index (χ0) is 16.2. The second-order valence-electron chi connectivity index (χ2n) is 5.34. The molecule has 1 N–H and O–H groups in total. The Balaban J connectivity index is 1.96. The molecule has 1 aromatic heterocycles. The number of halogens is 1. The summed E-state index contributed by atoms with van der Waals surface area (Å²) >= 11 is 5.94. The van der Waals surface area contributed by atoms with Crippen molar-refractivity contribution in [3.63, 3.8) is 0 Å². The van der Waals surface area contributed by atoms with E-state index in [4.69, 9.17) is 16.3 Å². The Morgan fingerprint density at radius 2 is 2.13 bits per heavy atom. The number of nitrogens with zero attached hydrogens (tertiary/aromatic N) is 2. The van der Waals surface area contributed by atoms with E-state index in [1.807, 2.05) is 30.3 Å². The predicted octanol–water partition coefficient (Wildman–Crippen LogP) is 2.31. The number of morpholine rings is 1. The summed E-state index contributed by atoms with van der Waals surface area (Å²) in [6, 6.07) is 10.8. The van der Waals surface area contributed by atoms with Gasteiger partial charge in [-0.05, 0) is 11.6 Å². The SMILES string of the molecule is O=C(c1cncc(Cl)c1)N1CCO[C@@H](CO)[C@@H]1c1ccccc1. The third kappa shape index (κ3) is 3.37. The number of carbonyl (C=O) groups excluding carboxylic acids is 1. The van der Waals surface area contributed by atoms with Gasteiger partial charge < -0.3 is 14.7 Å². The van der Waals surface area contributed by atoms with Crippen LogP contribution in [0.25, 0.3) is 0 Å². The summed E-state index contributed by atoms with van der Waals surface area (Å²) in [4.78, 5) is 18.6. The van der Waals surface area contributed by atoms with E-state index in [1.54, 1.807) is 11.0 Å². The number of pyridine rings is 1. The maximum atomic E-state index is 12.9. The standard InChI is InChI=1S/C17H17ClN2O3/c18-14-8-13(9-19-10-14)17(22)20-6-7-23-15(11-21)16(20)12-4-2-1-3-5-12/h1-5,8-10,15-16,21H,6-7,11H2/t15-,16-/m0/s1. The molecule has 2 aromatic rings. The topological polar surface area (TPSA) is 62.7 Å². The van der Waals surface area contributed by atoms with E-state index in [2.05, 4.69) is 4.98 Å². The summed E-state index contributed by atoms with van der Waals surface area (Å²) in [5.41, 5.74) is 1.35. The van der Waals surface area contributed by atoms with Crippen molar-refractivity contribution in [3.05, 3.63) is 64.9 Å². The highest BCUT2D eigenvalue weighted by atomic mass is 35.5. The summed E-state index contributed by atoms with van der Waals surface area (Å²) < 4.78 is 5.65. The fourth-order valence-corrected chi connectivity index (χ4v) is 3.03. The van der Waals surface area contributed by atoms with Gasteiger partial charge in [0.25, 0.3) is 5.91 Å². The number of ether oxygens (including phenoxy) is 1. The lowest BCUT2D eigenvalue weighted by molar-refractivity contribution is -0.0811. The molecule has 2 atom stereocenters. The third-order valence-corrected chi connectivity index (χ3v) is 4.09. The smallest absolute Gasteiger partial charge is 0.256 e. The normalized spacial score (nSPS) is 21.2. The summed E-state index contributed by atoms with van der Waals surface area (Å²) in [5, 5.41) is 10.1. The molecule has 0 aliphatic carbocycles. The monoisotopic (exact) mass is 332 g/mol. The van der Waals surface area contributed by atoms with Gasteiger partial charge in [0.15, 0.2) is 0 Å². The summed E-state index contributed by atoms with van der Waals surface area (Å²) in [6.07, 6.45) is 2.53. The van der Waals surface area contributed by atoms with Crippen molar-refractivity contribution in [2.75, 3.05) is 19.8 Å². The molecule has 2 heterocycles. The van der Waals surface area contributed by atoms with Gasteiger partial charge in [0.05, 0.1) is 29.8 Å². The van der Waals surface area contributed by atoms with E-state index in [0.717, 1.165) is 5.56 Å². The third-order valence-electron chi connectivity index (χ3n) is 3.89. The number of amides is 1. The number of aromatic nitrogens is 1. The second-order valence-corrected chi connectivity index (χ2v) is 5.77. The molecule has 0 unspecified atom stereocenters. The van der Waals surface area contributed by atoms with E-state index < -0.39 is 6.10 Å². The van der Waals surface area contributed by atoms with Crippen molar-refractivity contribution in [1.29, 1.82) is 0 Å². The van der Waals surface area contributed by atoms with Crippen LogP contribution >= 0.6 is 11.6 Å². The highest BCUT2D eigenvalue weighted by Crippen LogP contribution is 2.31. The maximum Gasteiger partial charge on any atom is 0.256 e. The zero-order valence-electron chi connectivity index (χ0n) is 12.4. The lowest BCUT2D eigenvalue weighted by Gasteiger charge is -2.41. The Bertz CT molecular complexity index is 681. The first-order chi connectivity index (χ1) is 11.2. The highest BCUT2D eigenvalue weighted by Gasteiger charge is 2.36. The molecule has 1 aliphatic rings. The van der Waals surface area contributed by atoms with Crippen LogP contribution in [0.1, 0.15) is 22.0 Å². The molecule has 1 fully saturated rings. The maximum absolute atomic E-state index is 12.9. The van der Waals surface area contributed by atoms with Crippen molar-refractivity contribution in [1.82, 2.24) is 9.88 Å². The molecular weight excluding hydrogens is 316 g/mol. The fourth-order valence-electron chi connectivity index (χ4n) is 2.85. The Labute approximate surface area is 139 Å². The summed E-state index contributed by atoms with van der Waals surface area (Å²) in [5.74, 6) is -0.171. The van der Waals surface area contributed by atoms with E-state index >= 15 is 0 Å². The molecule has 1 amide bonds. The molecule has 1 aromatic carbocycles. The van der Waals surface area contributed by atoms with Crippen LogP contribution in [0, 0.1) is 0 Å². The van der Waals surface area contributed by atoms with E-state index in [0.29, 0.717) is 23.7 Å². The number of aliphatic hydroxyl groups excluding tert-OH is 1. The molecule has 6 heteroatoms. The van der Waals surface area contributed by atoms with Crippen LogP contribution in [-0.4, -0.2) is 46.8 Å². The largest absolute Gasteiger partial charge is 0.394 e. The van der Waals surface area contributed by atoms with E-state index in [1.165, 1.54) is 12.4 Å². The Kier molecular flexibility index (Phi) is 4.91. The van der Waals surface area contributed by atoms with Crippen molar-refractivity contribution < 1.29 is 14.6 Å². The first kappa shape index (κ1) is 15.9. The molecule has 1 aliphatic heterocycles. The first-order valence-corrected chi connectivity index (χ1v) is 7.77. The van der Waals surface area contributed by atoms with Gasteiger partial charge in [-0.15, -0.1) is 0 Å². The molecule has 0 spiro atoms. The minimum absolute atomic E-state index is 0.156. The number of hydrogen-bond donors (Lipinski definition) is 1. The van der Waals surface area contributed by atoms with Crippen molar-refractivity contribution >= 4 is 17.5 Å². The fraction of sp³-hybridized carbons (Fsp3) is 0.294. The first-order valence-electron chi connectivity index (χ1n) is 7.39. The van der Waals surface area contributed by atoms with E-state index in [-0.39, 0.29) is 18.6 Å². The number of rotatable bonds is 3. The van der Waals surface area contributed by atoms with Gasteiger partial charge in [-0.25, -0.2) is 0 Å². The van der Waals surface area contributed by atoms with Gasteiger partial charge in [-0.3, -0.25) is 9.78 Å². The Morgan fingerprint density at radius 1 is 1.35 bits per heavy atom. The molecular formula is C17H17ClN2O3. The van der Waals surface area contributed by atoms with Crippen LogP contribution in [-0.2, 0) is 4.74 Å². The van der Waals surface area contributed by atoms with Crippen LogP contribution in [0.15, 0.2) is 48.8 Å². The van der Waals surface area contributed by atoms with Crippen molar-refractivity contribution in [2.24, 2.45) is 0 Å². The highest BCUT2D eigenvalue weighted by molar-refractivity contribution is 6.30. The number of carbonyl (C=O) groups is 1. The molecule has 120 valence electrons. The molecule has 0 bridgehead atoms.